The van der Waals surface area contributed by atoms with E-state index >= 15 is 0 Å². The highest BCUT2D eigenvalue weighted by atomic mass is 79.9. The monoisotopic (exact) mass is 300 g/mol. The standard InChI is InChI=1S/C14H18BrCl/c1-14(8-2-3-9-14)13(15)10-11-4-6-12(16)7-5-11/h4-7,13H,2-3,8-10H2,1H3. The van der Waals surface area contributed by atoms with Crippen molar-refractivity contribution in [3.05, 3.63) is 34.9 Å². The van der Waals surface area contributed by atoms with Crippen molar-refractivity contribution in [1.29, 1.82) is 0 Å². The lowest BCUT2D eigenvalue weighted by atomic mass is 9.82. The number of hydrogen-bond donors (Lipinski definition) is 0. The van der Waals surface area contributed by atoms with Gasteiger partial charge in [0, 0.05) is 9.85 Å². The fourth-order valence-corrected chi connectivity index (χ4v) is 3.53. The number of benzene rings is 1. The van der Waals surface area contributed by atoms with Crippen LogP contribution in [-0.2, 0) is 6.42 Å². The molecule has 88 valence electrons. The van der Waals surface area contributed by atoms with E-state index in [9.17, 15) is 0 Å². The molecule has 1 atom stereocenters. The highest BCUT2D eigenvalue weighted by Gasteiger charge is 2.35. The van der Waals surface area contributed by atoms with Gasteiger partial charge in [0.15, 0.2) is 0 Å². The summed E-state index contributed by atoms with van der Waals surface area (Å²) >= 11 is 9.77. The van der Waals surface area contributed by atoms with E-state index in [1.807, 2.05) is 12.1 Å². The molecule has 0 heterocycles. The van der Waals surface area contributed by atoms with Crippen molar-refractivity contribution < 1.29 is 0 Å². The van der Waals surface area contributed by atoms with Gasteiger partial charge in [-0.25, -0.2) is 0 Å². The number of rotatable bonds is 3. The Balaban J connectivity index is 2.01. The quantitative estimate of drug-likeness (QED) is 0.671. The van der Waals surface area contributed by atoms with Gasteiger partial charge in [-0.05, 0) is 42.4 Å². The van der Waals surface area contributed by atoms with Gasteiger partial charge < -0.3 is 0 Å². The van der Waals surface area contributed by atoms with Crippen LogP contribution in [0, 0.1) is 5.41 Å². The molecule has 0 spiro atoms. The normalized spacial score (nSPS) is 20.9. The molecular weight excluding hydrogens is 284 g/mol. The lowest BCUT2D eigenvalue weighted by Gasteiger charge is -2.30. The van der Waals surface area contributed by atoms with Crippen LogP contribution in [0.15, 0.2) is 24.3 Å². The highest BCUT2D eigenvalue weighted by Crippen LogP contribution is 2.44. The van der Waals surface area contributed by atoms with E-state index in [0.717, 1.165) is 11.4 Å². The molecule has 1 aromatic rings. The highest BCUT2D eigenvalue weighted by molar-refractivity contribution is 9.09. The second-order valence-corrected chi connectivity index (χ2v) is 6.70. The van der Waals surface area contributed by atoms with E-state index in [1.165, 1.54) is 31.2 Å². The molecule has 1 fully saturated rings. The Morgan fingerprint density at radius 3 is 2.38 bits per heavy atom. The van der Waals surface area contributed by atoms with Crippen molar-refractivity contribution in [3.63, 3.8) is 0 Å². The van der Waals surface area contributed by atoms with E-state index in [0.29, 0.717) is 10.2 Å². The number of hydrogen-bond acceptors (Lipinski definition) is 0. The summed E-state index contributed by atoms with van der Waals surface area (Å²) in [5, 5.41) is 0.821. The molecule has 0 saturated heterocycles. The molecular formula is C14H18BrCl. The Morgan fingerprint density at radius 1 is 1.25 bits per heavy atom. The van der Waals surface area contributed by atoms with Crippen molar-refractivity contribution in [2.45, 2.75) is 43.9 Å². The predicted octanol–water partition coefficient (Wildman–Crippen LogP) is 5.23. The Bertz CT molecular complexity index is 338. The van der Waals surface area contributed by atoms with Crippen molar-refractivity contribution in [3.8, 4) is 0 Å². The first-order valence-electron chi connectivity index (χ1n) is 5.99. The predicted molar refractivity (Wildman–Crippen MR) is 74.4 cm³/mol. The summed E-state index contributed by atoms with van der Waals surface area (Å²) in [6.45, 7) is 2.41. The largest absolute Gasteiger partial charge is 0.0881 e. The van der Waals surface area contributed by atoms with Crippen molar-refractivity contribution in [1.82, 2.24) is 0 Å². The van der Waals surface area contributed by atoms with Gasteiger partial charge in [-0.2, -0.15) is 0 Å². The first-order chi connectivity index (χ1) is 7.60. The molecule has 0 amide bonds. The van der Waals surface area contributed by atoms with Gasteiger partial charge in [0.2, 0.25) is 0 Å². The zero-order valence-electron chi connectivity index (χ0n) is 9.68. The maximum atomic E-state index is 5.89. The van der Waals surface area contributed by atoms with Crippen LogP contribution in [-0.4, -0.2) is 4.83 Å². The summed E-state index contributed by atoms with van der Waals surface area (Å²) in [4.78, 5) is 0.587. The van der Waals surface area contributed by atoms with Gasteiger partial charge in [-0.15, -0.1) is 0 Å². The van der Waals surface area contributed by atoms with E-state index in [-0.39, 0.29) is 0 Å². The molecule has 2 rings (SSSR count). The second-order valence-electron chi connectivity index (χ2n) is 5.16. The van der Waals surface area contributed by atoms with Crippen LogP contribution in [0.5, 0.6) is 0 Å². The Hall–Kier alpha value is -0.0100. The van der Waals surface area contributed by atoms with Crippen LogP contribution >= 0.6 is 27.5 Å². The van der Waals surface area contributed by atoms with Crippen molar-refractivity contribution in [2.24, 2.45) is 5.41 Å². The summed E-state index contributed by atoms with van der Waals surface area (Å²) in [7, 11) is 0. The molecule has 1 saturated carbocycles. The van der Waals surface area contributed by atoms with Gasteiger partial charge in [-0.3, -0.25) is 0 Å². The van der Waals surface area contributed by atoms with Crippen LogP contribution in [0.25, 0.3) is 0 Å². The minimum atomic E-state index is 0.486. The molecule has 0 bridgehead atoms. The van der Waals surface area contributed by atoms with Crippen LogP contribution < -0.4 is 0 Å². The van der Waals surface area contributed by atoms with E-state index in [4.69, 9.17) is 11.6 Å². The zero-order valence-corrected chi connectivity index (χ0v) is 12.0. The molecule has 0 nitrogen and oxygen atoms in total. The van der Waals surface area contributed by atoms with E-state index < -0.39 is 0 Å². The molecule has 0 aromatic heterocycles. The molecule has 0 N–H and O–H groups in total. The van der Waals surface area contributed by atoms with Gasteiger partial charge >= 0.3 is 0 Å². The third-order valence-electron chi connectivity index (χ3n) is 3.83. The van der Waals surface area contributed by atoms with Gasteiger partial charge in [0.05, 0.1) is 0 Å². The second kappa shape index (κ2) is 5.10. The average Bonchev–Trinajstić information content (AvgIpc) is 2.70. The minimum absolute atomic E-state index is 0.486. The maximum absolute atomic E-state index is 5.89. The van der Waals surface area contributed by atoms with Gasteiger partial charge in [0.1, 0.15) is 0 Å². The van der Waals surface area contributed by atoms with Crippen LogP contribution in [0.4, 0.5) is 0 Å². The van der Waals surface area contributed by atoms with Gasteiger partial charge in [-0.1, -0.05) is 59.4 Å². The Morgan fingerprint density at radius 2 is 1.81 bits per heavy atom. The van der Waals surface area contributed by atoms with Crippen molar-refractivity contribution >= 4 is 27.5 Å². The lowest BCUT2D eigenvalue weighted by molar-refractivity contribution is 0.325. The molecule has 1 unspecified atom stereocenters. The topological polar surface area (TPSA) is 0 Å². The first-order valence-corrected chi connectivity index (χ1v) is 7.28. The van der Waals surface area contributed by atoms with Crippen molar-refractivity contribution in [2.75, 3.05) is 0 Å². The molecule has 1 aromatic carbocycles. The van der Waals surface area contributed by atoms with Crippen LogP contribution in [0.1, 0.15) is 38.2 Å². The summed E-state index contributed by atoms with van der Waals surface area (Å²) in [5.74, 6) is 0. The molecule has 2 heteroatoms. The maximum Gasteiger partial charge on any atom is 0.0406 e. The SMILES string of the molecule is CC1(C(Br)Cc2ccc(Cl)cc2)CCCC1. The summed E-state index contributed by atoms with van der Waals surface area (Å²) < 4.78 is 0. The number of alkyl halides is 1. The molecule has 1 aliphatic rings. The fourth-order valence-electron chi connectivity index (χ4n) is 2.57. The smallest absolute Gasteiger partial charge is 0.0406 e. The summed E-state index contributed by atoms with van der Waals surface area (Å²) in [5.41, 5.74) is 1.86. The zero-order chi connectivity index (χ0) is 11.6. The molecule has 16 heavy (non-hydrogen) atoms. The lowest BCUT2D eigenvalue weighted by Crippen LogP contribution is -2.26. The van der Waals surface area contributed by atoms with Crippen LogP contribution in [0.3, 0.4) is 0 Å². The molecule has 1 aliphatic carbocycles. The van der Waals surface area contributed by atoms with E-state index in [2.05, 4.69) is 35.0 Å². The van der Waals surface area contributed by atoms with Crippen LogP contribution in [0.2, 0.25) is 5.02 Å². The third kappa shape index (κ3) is 2.81. The third-order valence-corrected chi connectivity index (χ3v) is 5.51. The van der Waals surface area contributed by atoms with Gasteiger partial charge in [0.25, 0.3) is 0 Å². The Labute approximate surface area is 112 Å². The summed E-state index contributed by atoms with van der Waals surface area (Å²) in [6.07, 6.45) is 6.60. The number of halogens is 2. The Kier molecular flexibility index (Phi) is 3.97. The fraction of sp³-hybridized carbons (Fsp3) is 0.571. The summed E-state index contributed by atoms with van der Waals surface area (Å²) in [6, 6.07) is 8.23. The first kappa shape index (κ1) is 12.4. The molecule has 0 aliphatic heterocycles. The minimum Gasteiger partial charge on any atom is -0.0881 e. The average molecular weight is 302 g/mol. The van der Waals surface area contributed by atoms with E-state index in [1.54, 1.807) is 0 Å². The molecule has 0 radical (unpaired) electrons.